The van der Waals surface area contributed by atoms with Crippen molar-refractivity contribution < 1.29 is 13.2 Å². The highest BCUT2D eigenvalue weighted by Gasteiger charge is 2.30. The summed E-state index contributed by atoms with van der Waals surface area (Å²) in [5.74, 6) is 0.131. The van der Waals surface area contributed by atoms with Crippen LogP contribution in [-0.4, -0.2) is 9.78 Å². The Kier molecular flexibility index (Phi) is 4.49. The van der Waals surface area contributed by atoms with Gasteiger partial charge in [-0.1, -0.05) is 26.0 Å². The van der Waals surface area contributed by atoms with Gasteiger partial charge in [0.05, 0.1) is 11.3 Å². The van der Waals surface area contributed by atoms with Gasteiger partial charge in [-0.3, -0.25) is 14.7 Å². The molecule has 0 atom stereocenters. The first kappa shape index (κ1) is 17.1. The number of rotatable bonds is 3. The lowest BCUT2D eigenvalue weighted by molar-refractivity contribution is -0.137. The molecule has 0 saturated carbocycles. The van der Waals surface area contributed by atoms with E-state index in [1.807, 2.05) is 13.8 Å². The molecule has 1 aromatic heterocycles. The van der Waals surface area contributed by atoms with Crippen LogP contribution < -0.4 is 11.0 Å². The topological polar surface area (TPSA) is 54.9 Å². The molecule has 0 saturated heterocycles. The zero-order valence-electron chi connectivity index (χ0n) is 13.0. The van der Waals surface area contributed by atoms with Crippen molar-refractivity contribution in [2.75, 3.05) is 0 Å². The Hall–Kier alpha value is -2.31. The summed E-state index contributed by atoms with van der Waals surface area (Å²) in [6, 6.07) is 4.46. The van der Waals surface area contributed by atoms with Crippen LogP contribution in [0, 0.1) is 12.8 Å². The maximum Gasteiger partial charge on any atom is 0.416 e. The molecule has 2 aromatic rings. The van der Waals surface area contributed by atoms with Gasteiger partial charge in [0, 0.05) is 12.1 Å². The third-order valence-electron chi connectivity index (χ3n) is 3.45. The van der Waals surface area contributed by atoms with E-state index in [4.69, 9.17) is 0 Å². The summed E-state index contributed by atoms with van der Waals surface area (Å²) in [6.07, 6.45) is -4.42. The van der Waals surface area contributed by atoms with E-state index in [1.54, 1.807) is 0 Å². The van der Waals surface area contributed by atoms with Crippen molar-refractivity contribution in [2.24, 2.45) is 5.92 Å². The van der Waals surface area contributed by atoms with E-state index in [9.17, 15) is 22.8 Å². The predicted octanol–water partition coefficient (Wildman–Crippen LogP) is 3.19. The van der Waals surface area contributed by atoms with Gasteiger partial charge in [-0.05, 0) is 30.5 Å². The third kappa shape index (κ3) is 3.55. The summed E-state index contributed by atoms with van der Waals surface area (Å²) in [4.78, 5) is 24.0. The van der Waals surface area contributed by atoms with Crippen LogP contribution in [0.15, 0.2) is 33.9 Å². The normalized spacial score (nSPS) is 12.0. The van der Waals surface area contributed by atoms with Gasteiger partial charge in [0.25, 0.3) is 0 Å². The number of hydrogen-bond acceptors (Lipinski definition) is 2. The van der Waals surface area contributed by atoms with Crippen LogP contribution in [0.3, 0.4) is 0 Å². The average Bonchev–Trinajstić information content (AvgIpc) is 2.47. The SMILES string of the molecule is Cc1c(-c2ccc(C(F)(F)F)cc2)[nH]n(CC(C)C)c(=O)c1=O. The van der Waals surface area contributed by atoms with Crippen LogP contribution in [0.1, 0.15) is 25.0 Å². The van der Waals surface area contributed by atoms with Gasteiger partial charge in [0.1, 0.15) is 0 Å². The molecular weight excluding hydrogens is 309 g/mol. The second-order valence-electron chi connectivity index (χ2n) is 5.83. The summed E-state index contributed by atoms with van der Waals surface area (Å²) in [7, 11) is 0. The standard InChI is InChI=1S/C16H17F3N2O2/c1-9(2)8-21-15(23)14(22)10(3)13(20-21)11-4-6-12(7-5-11)16(17,18)19/h4-7,9,20H,8H2,1-3H3. The molecule has 1 N–H and O–H groups in total. The van der Waals surface area contributed by atoms with Crippen molar-refractivity contribution in [3.05, 3.63) is 56.0 Å². The Morgan fingerprint density at radius 3 is 2.17 bits per heavy atom. The lowest BCUT2D eigenvalue weighted by Crippen LogP contribution is -2.39. The minimum Gasteiger partial charge on any atom is -0.295 e. The maximum absolute atomic E-state index is 12.6. The van der Waals surface area contributed by atoms with Crippen molar-refractivity contribution >= 4 is 0 Å². The molecule has 7 heteroatoms. The Labute approximate surface area is 130 Å². The Morgan fingerprint density at radius 1 is 1.13 bits per heavy atom. The largest absolute Gasteiger partial charge is 0.416 e. The van der Waals surface area contributed by atoms with Crippen LogP contribution >= 0.6 is 0 Å². The molecule has 4 nitrogen and oxygen atoms in total. The van der Waals surface area contributed by atoms with Gasteiger partial charge >= 0.3 is 11.7 Å². The second kappa shape index (κ2) is 6.06. The number of hydrogen-bond donors (Lipinski definition) is 1. The number of nitrogens with zero attached hydrogens (tertiary/aromatic N) is 1. The Balaban J connectivity index is 2.57. The summed E-state index contributed by atoms with van der Waals surface area (Å²) < 4.78 is 39.1. The van der Waals surface area contributed by atoms with Gasteiger partial charge in [0.15, 0.2) is 0 Å². The highest BCUT2D eigenvalue weighted by Crippen LogP contribution is 2.30. The first-order valence-electron chi connectivity index (χ1n) is 7.12. The van der Waals surface area contributed by atoms with E-state index in [-0.39, 0.29) is 11.5 Å². The van der Waals surface area contributed by atoms with Gasteiger partial charge < -0.3 is 0 Å². The van der Waals surface area contributed by atoms with E-state index in [2.05, 4.69) is 5.10 Å². The molecule has 0 bridgehead atoms. The molecule has 1 heterocycles. The van der Waals surface area contributed by atoms with Gasteiger partial charge in [-0.15, -0.1) is 0 Å². The summed E-state index contributed by atoms with van der Waals surface area (Å²) >= 11 is 0. The van der Waals surface area contributed by atoms with Crippen LogP contribution in [0.4, 0.5) is 13.2 Å². The number of aromatic amines is 1. The van der Waals surface area contributed by atoms with Crippen molar-refractivity contribution in [1.82, 2.24) is 9.78 Å². The summed E-state index contributed by atoms with van der Waals surface area (Å²) in [5.41, 5.74) is -1.12. The molecular formula is C16H17F3N2O2. The molecule has 0 aliphatic heterocycles. The number of alkyl halides is 3. The van der Waals surface area contributed by atoms with Gasteiger partial charge in [0.2, 0.25) is 5.43 Å². The van der Waals surface area contributed by atoms with E-state index >= 15 is 0 Å². The lowest BCUT2D eigenvalue weighted by atomic mass is 10.1. The van der Waals surface area contributed by atoms with Crippen molar-refractivity contribution in [2.45, 2.75) is 33.5 Å². The third-order valence-corrected chi connectivity index (χ3v) is 3.45. The zero-order valence-corrected chi connectivity index (χ0v) is 13.0. The Morgan fingerprint density at radius 2 is 1.70 bits per heavy atom. The lowest BCUT2D eigenvalue weighted by Gasteiger charge is -2.14. The first-order chi connectivity index (χ1) is 10.6. The van der Waals surface area contributed by atoms with E-state index in [1.165, 1.54) is 23.7 Å². The number of H-pyrrole nitrogens is 1. The van der Waals surface area contributed by atoms with E-state index < -0.39 is 22.7 Å². The second-order valence-corrected chi connectivity index (χ2v) is 5.83. The molecule has 0 amide bonds. The summed E-state index contributed by atoms with van der Waals surface area (Å²) in [5, 5.41) is 2.85. The predicted molar refractivity (Wildman–Crippen MR) is 81.3 cm³/mol. The zero-order chi connectivity index (χ0) is 17.4. The van der Waals surface area contributed by atoms with Crippen molar-refractivity contribution in [1.29, 1.82) is 0 Å². The van der Waals surface area contributed by atoms with Crippen LogP contribution in [0.2, 0.25) is 0 Å². The monoisotopic (exact) mass is 326 g/mol. The van der Waals surface area contributed by atoms with E-state index in [0.29, 0.717) is 17.8 Å². The molecule has 1 aromatic carbocycles. The highest BCUT2D eigenvalue weighted by molar-refractivity contribution is 5.62. The molecule has 23 heavy (non-hydrogen) atoms. The molecule has 2 rings (SSSR count). The first-order valence-corrected chi connectivity index (χ1v) is 7.12. The molecule has 0 radical (unpaired) electrons. The fourth-order valence-electron chi connectivity index (χ4n) is 2.27. The molecule has 0 unspecified atom stereocenters. The van der Waals surface area contributed by atoms with Crippen molar-refractivity contribution in [3.63, 3.8) is 0 Å². The van der Waals surface area contributed by atoms with E-state index in [0.717, 1.165) is 12.1 Å². The van der Waals surface area contributed by atoms with Crippen LogP contribution in [-0.2, 0) is 12.7 Å². The van der Waals surface area contributed by atoms with Crippen molar-refractivity contribution in [3.8, 4) is 11.3 Å². The molecule has 124 valence electrons. The molecule has 0 aliphatic rings. The van der Waals surface area contributed by atoms with Gasteiger partial charge in [-0.2, -0.15) is 13.2 Å². The Bertz CT molecular complexity index is 815. The average molecular weight is 326 g/mol. The quantitative estimate of drug-likeness (QED) is 0.881. The number of nitrogens with one attached hydrogen (secondary N) is 1. The van der Waals surface area contributed by atoms with Gasteiger partial charge in [-0.25, -0.2) is 4.68 Å². The van der Waals surface area contributed by atoms with Crippen LogP contribution in [0.5, 0.6) is 0 Å². The minimum atomic E-state index is -4.42. The fraction of sp³-hybridized carbons (Fsp3) is 0.375. The number of halogens is 3. The maximum atomic E-state index is 12.6. The smallest absolute Gasteiger partial charge is 0.295 e. The summed E-state index contributed by atoms with van der Waals surface area (Å²) in [6.45, 7) is 5.58. The fourth-order valence-corrected chi connectivity index (χ4v) is 2.27. The number of aromatic nitrogens is 2. The molecule has 0 aliphatic carbocycles. The number of benzene rings is 1. The molecule has 0 fully saturated rings. The highest BCUT2D eigenvalue weighted by atomic mass is 19.4. The minimum absolute atomic E-state index is 0.131. The van der Waals surface area contributed by atoms with Crippen LogP contribution in [0.25, 0.3) is 11.3 Å². The molecule has 0 spiro atoms.